The summed E-state index contributed by atoms with van der Waals surface area (Å²) >= 11 is 0. The number of nitrogens with zero attached hydrogens (tertiary/aromatic N) is 2. The zero-order chi connectivity index (χ0) is 13.8. The van der Waals surface area contributed by atoms with Gasteiger partial charge < -0.3 is 10.2 Å². The van der Waals surface area contributed by atoms with E-state index < -0.39 is 0 Å². The van der Waals surface area contributed by atoms with Gasteiger partial charge in [-0.2, -0.15) is 0 Å². The molecule has 0 aromatic heterocycles. The Bertz CT molecular complexity index is 508. The van der Waals surface area contributed by atoms with Crippen LogP contribution in [0.25, 0.3) is 0 Å². The highest BCUT2D eigenvalue weighted by Gasteiger charge is 2.56. The summed E-state index contributed by atoms with van der Waals surface area (Å²) in [6.07, 6.45) is 4.26. The summed E-state index contributed by atoms with van der Waals surface area (Å²) in [5.74, 6) is 1.91. The van der Waals surface area contributed by atoms with Gasteiger partial charge in [0.1, 0.15) is 0 Å². The van der Waals surface area contributed by atoms with Gasteiger partial charge in [-0.1, -0.05) is 18.2 Å². The third-order valence-corrected chi connectivity index (χ3v) is 6.53. The van der Waals surface area contributed by atoms with Crippen LogP contribution in [0.3, 0.4) is 0 Å². The maximum atomic E-state index is 3.63. The highest BCUT2D eigenvalue weighted by molar-refractivity contribution is 5.85. The molecule has 0 amide bonds. The Labute approximate surface area is 151 Å². The first-order valence-corrected chi connectivity index (χ1v) is 8.70. The van der Waals surface area contributed by atoms with Gasteiger partial charge in [-0.15, -0.1) is 24.8 Å². The molecule has 2 bridgehead atoms. The zero-order valence-corrected chi connectivity index (χ0v) is 15.1. The number of hydrogen-bond donors (Lipinski definition) is 1. The lowest BCUT2D eigenvalue weighted by Crippen LogP contribution is -2.43. The van der Waals surface area contributed by atoms with Gasteiger partial charge >= 0.3 is 0 Å². The van der Waals surface area contributed by atoms with Crippen LogP contribution in [0.5, 0.6) is 0 Å². The Hall–Kier alpha value is -0.480. The molecule has 3 nitrogen and oxygen atoms in total. The van der Waals surface area contributed by atoms with Gasteiger partial charge in [0.2, 0.25) is 0 Å². The Kier molecular flexibility index (Phi) is 5.12. The van der Waals surface area contributed by atoms with Crippen LogP contribution in [-0.2, 0) is 0 Å². The van der Waals surface area contributed by atoms with E-state index in [1.54, 1.807) is 0 Å². The molecule has 1 aromatic carbocycles. The Morgan fingerprint density at radius 2 is 1.52 bits per heavy atom. The van der Waals surface area contributed by atoms with E-state index >= 15 is 0 Å². The SMILES string of the molecule is Cl.Cl.c1ccc(N2CCC(N3[C@@H]4CC[C@H]3[C@H]3CNC[C@H]34)C2)cc1. The molecule has 0 saturated carbocycles. The third-order valence-electron chi connectivity index (χ3n) is 6.53. The summed E-state index contributed by atoms with van der Waals surface area (Å²) in [7, 11) is 0. The maximum Gasteiger partial charge on any atom is 0.0366 e. The Morgan fingerprint density at radius 3 is 2.17 bits per heavy atom. The van der Waals surface area contributed by atoms with Crippen molar-refractivity contribution in [2.75, 3.05) is 31.1 Å². The van der Waals surface area contributed by atoms with Crippen molar-refractivity contribution >= 4 is 30.5 Å². The summed E-state index contributed by atoms with van der Waals surface area (Å²) < 4.78 is 0. The highest BCUT2D eigenvalue weighted by Crippen LogP contribution is 2.49. The van der Waals surface area contributed by atoms with Crippen molar-refractivity contribution < 1.29 is 0 Å². The minimum absolute atomic E-state index is 0. The molecule has 1 unspecified atom stereocenters. The smallest absolute Gasteiger partial charge is 0.0366 e. The van der Waals surface area contributed by atoms with Crippen molar-refractivity contribution in [2.24, 2.45) is 11.8 Å². The lowest BCUT2D eigenvalue weighted by atomic mass is 9.82. The van der Waals surface area contributed by atoms with Gasteiger partial charge in [0.25, 0.3) is 0 Å². The molecule has 0 radical (unpaired) electrons. The van der Waals surface area contributed by atoms with Gasteiger partial charge in [0.15, 0.2) is 0 Å². The monoisotopic (exact) mass is 355 g/mol. The molecule has 5 heteroatoms. The van der Waals surface area contributed by atoms with Crippen LogP contribution in [-0.4, -0.2) is 49.2 Å². The van der Waals surface area contributed by atoms with E-state index in [0.717, 1.165) is 30.0 Å². The first-order chi connectivity index (χ1) is 10.4. The minimum Gasteiger partial charge on any atom is -0.370 e. The molecule has 1 N–H and O–H groups in total. The number of hydrogen-bond acceptors (Lipinski definition) is 3. The van der Waals surface area contributed by atoms with E-state index in [-0.39, 0.29) is 24.8 Å². The van der Waals surface area contributed by atoms with Gasteiger partial charge in [-0.25, -0.2) is 0 Å². The van der Waals surface area contributed by atoms with Gasteiger partial charge in [0, 0.05) is 36.9 Å². The fraction of sp³-hybridized carbons (Fsp3) is 0.667. The van der Waals surface area contributed by atoms with Crippen LogP contribution in [0.1, 0.15) is 19.3 Å². The lowest BCUT2D eigenvalue weighted by Gasteiger charge is -2.31. The van der Waals surface area contributed by atoms with Crippen LogP contribution in [0.15, 0.2) is 30.3 Å². The van der Waals surface area contributed by atoms with E-state index in [1.807, 2.05) is 0 Å². The van der Waals surface area contributed by atoms with Crippen LogP contribution in [0, 0.1) is 11.8 Å². The number of rotatable bonds is 2. The molecule has 1 aromatic rings. The van der Waals surface area contributed by atoms with E-state index in [9.17, 15) is 0 Å². The van der Waals surface area contributed by atoms with Gasteiger partial charge in [-0.3, -0.25) is 4.90 Å². The largest absolute Gasteiger partial charge is 0.370 e. The quantitative estimate of drug-likeness (QED) is 0.879. The molecular formula is C18H27Cl2N3. The summed E-state index contributed by atoms with van der Waals surface area (Å²) in [4.78, 5) is 5.55. The predicted octanol–water partition coefficient (Wildman–Crippen LogP) is 2.79. The zero-order valence-electron chi connectivity index (χ0n) is 13.4. The molecule has 4 aliphatic rings. The molecule has 4 fully saturated rings. The number of anilines is 1. The molecule has 4 heterocycles. The second-order valence-electron chi connectivity index (χ2n) is 7.37. The lowest BCUT2D eigenvalue weighted by molar-refractivity contribution is 0.169. The minimum atomic E-state index is 0. The normalized spacial score (nSPS) is 38.3. The van der Waals surface area contributed by atoms with Crippen molar-refractivity contribution in [3.8, 4) is 0 Å². The number of benzene rings is 1. The van der Waals surface area contributed by atoms with Crippen LogP contribution in [0.2, 0.25) is 0 Å². The van der Waals surface area contributed by atoms with E-state index in [4.69, 9.17) is 0 Å². The molecule has 5 rings (SSSR count). The van der Waals surface area contributed by atoms with Crippen LogP contribution >= 0.6 is 24.8 Å². The maximum absolute atomic E-state index is 3.63. The average Bonchev–Trinajstić information content (AvgIpc) is 3.28. The van der Waals surface area contributed by atoms with Gasteiger partial charge in [-0.05, 0) is 56.3 Å². The molecule has 23 heavy (non-hydrogen) atoms. The van der Waals surface area contributed by atoms with E-state index in [1.165, 1.54) is 51.1 Å². The van der Waals surface area contributed by atoms with Gasteiger partial charge in [0.05, 0.1) is 0 Å². The molecule has 0 aliphatic carbocycles. The first-order valence-electron chi connectivity index (χ1n) is 8.70. The standard InChI is InChI=1S/C18H25N3.2ClH/c1-2-4-13(5-3-1)20-9-8-14(12-20)21-17-6-7-18(21)16-11-19-10-15(16)17;;/h1-5,14-19H,6-12H2;2*1H/t14?,15-,16+,17-,18+;;. The number of fused-ring (bicyclic) bond motifs is 5. The summed E-state index contributed by atoms with van der Waals surface area (Å²) in [6, 6.07) is 13.5. The molecule has 4 saturated heterocycles. The van der Waals surface area contributed by atoms with Crippen molar-refractivity contribution in [3.63, 3.8) is 0 Å². The summed E-state index contributed by atoms with van der Waals surface area (Å²) in [5, 5.41) is 3.63. The predicted molar refractivity (Wildman–Crippen MR) is 100 cm³/mol. The van der Waals surface area contributed by atoms with Crippen molar-refractivity contribution in [1.29, 1.82) is 0 Å². The first kappa shape index (κ1) is 17.3. The topological polar surface area (TPSA) is 18.5 Å². The summed E-state index contributed by atoms with van der Waals surface area (Å²) in [6.45, 7) is 5.02. The second kappa shape index (κ2) is 6.79. The van der Waals surface area contributed by atoms with Crippen molar-refractivity contribution in [2.45, 2.75) is 37.4 Å². The molecular weight excluding hydrogens is 329 g/mol. The molecule has 4 aliphatic heterocycles. The summed E-state index contributed by atoms with van der Waals surface area (Å²) in [5.41, 5.74) is 1.41. The second-order valence-corrected chi connectivity index (χ2v) is 7.37. The number of para-hydroxylation sites is 1. The number of halogens is 2. The van der Waals surface area contributed by atoms with E-state index in [0.29, 0.717) is 0 Å². The van der Waals surface area contributed by atoms with Crippen molar-refractivity contribution in [3.05, 3.63) is 30.3 Å². The Balaban J connectivity index is 0.000000781. The molecule has 5 atom stereocenters. The van der Waals surface area contributed by atoms with Crippen LogP contribution < -0.4 is 10.2 Å². The van der Waals surface area contributed by atoms with Crippen molar-refractivity contribution in [1.82, 2.24) is 10.2 Å². The van der Waals surface area contributed by atoms with Crippen LogP contribution in [0.4, 0.5) is 5.69 Å². The molecule has 128 valence electrons. The fourth-order valence-corrected chi connectivity index (χ4v) is 5.72. The Morgan fingerprint density at radius 1 is 0.870 bits per heavy atom. The molecule has 0 spiro atoms. The van der Waals surface area contributed by atoms with E-state index in [2.05, 4.69) is 45.4 Å². The number of nitrogens with one attached hydrogen (secondary N) is 1. The highest BCUT2D eigenvalue weighted by atomic mass is 35.5. The fourth-order valence-electron chi connectivity index (χ4n) is 5.72. The third kappa shape index (κ3) is 2.66. The average molecular weight is 356 g/mol.